The average Bonchev–Trinajstić information content (AvgIpc) is 2.95. The van der Waals surface area contributed by atoms with Crippen molar-refractivity contribution in [2.45, 2.75) is 13.5 Å². The molecule has 0 aliphatic heterocycles. The second-order valence-electron chi connectivity index (χ2n) is 5.31. The monoisotopic (exact) mass is 310 g/mol. The summed E-state index contributed by atoms with van der Waals surface area (Å²) < 4.78 is 11.0. The Bertz CT molecular complexity index is 868. The van der Waals surface area contributed by atoms with E-state index in [2.05, 4.69) is 5.32 Å². The van der Waals surface area contributed by atoms with Crippen LogP contribution in [0.4, 0.5) is 5.69 Å². The fraction of sp³-hybridized carbons (Fsp3) is 0.167. The number of primary amides is 1. The Hall–Kier alpha value is -2.95. The van der Waals surface area contributed by atoms with Gasteiger partial charge in [0.1, 0.15) is 17.1 Å². The lowest BCUT2D eigenvalue weighted by Gasteiger charge is -2.10. The van der Waals surface area contributed by atoms with Gasteiger partial charge < -0.3 is 20.2 Å². The molecule has 1 amide bonds. The van der Waals surface area contributed by atoms with Gasteiger partial charge in [-0.15, -0.1) is 0 Å². The van der Waals surface area contributed by atoms with Crippen molar-refractivity contribution in [1.82, 2.24) is 0 Å². The molecular formula is C18H18N2O3. The normalized spacial score (nSPS) is 10.7. The third-order valence-corrected chi connectivity index (χ3v) is 3.83. The second-order valence-corrected chi connectivity index (χ2v) is 5.31. The summed E-state index contributed by atoms with van der Waals surface area (Å²) >= 11 is 0. The highest BCUT2D eigenvalue weighted by Gasteiger charge is 2.09. The highest BCUT2D eigenvalue weighted by molar-refractivity contribution is 5.95. The Morgan fingerprint density at radius 1 is 1.26 bits per heavy atom. The molecule has 1 heterocycles. The number of carbonyl (C=O) groups excluding carboxylic acids is 1. The molecule has 0 fully saturated rings. The van der Waals surface area contributed by atoms with E-state index in [9.17, 15) is 4.79 Å². The molecule has 0 unspecified atom stereocenters. The Kier molecular flexibility index (Phi) is 3.93. The number of nitrogens with one attached hydrogen (secondary N) is 1. The minimum atomic E-state index is -0.429. The number of anilines is 1. The highest BCUT2D eigenvalue weighted by atomic mass is 16.5. The fourth-order valence-corrected chi connectivity index (χ4v) is 2.57. The molecule has 5 heteroatoms. The maximum absolute atomic E-state index is 11.4. The van der Waals surface area contributed by atoms with Gasteiger partial charge in [0.25, 0.3) is 0 Å². The molecule has 0 saturated heterocycles. The third-order valence-electron chi connectivity index (χ3n) is 3.83. The smallest absolute Gasteiger partial charge is 0.249 e. The molecule has 0 atom stereocenters. The van der Waals surface area contributed by atoms with E-state index < -0.39 is 5.91 Å². The van der Waals surface area contributed by atoms with Crippen molar-refractivity contribution < 1.29 is 13.9 Å². The van der Waals surface area contributed by atoms with Crippen LogP contribution in [0.2, 0.25) is 0 Å². The highest BCUT2D eigenvalue weighted by Crippen LogP contribution is 2.25. The molecule has 3 rings (SSSR count). The van der Waals surface area contributed by atoms with Crippen molar-refractivity contribution >= 4 is 22.6 Å². The summed E-state index contributed by atoms with van der Waals surface area (Å²) in [4.78, 5) is 11.4. The van der Waals surface area contributed by atoms with Crippen molar-refractivity contribution in [2.24, 2.45) is 5.73 Å². The van der Waals surface area contributed by atoms with Gasteiger partial charge in [0.15, 0.2) is 0 Å². The van der Waals surface area contributed by atoms with E-state index in [1.54, 1.807) is 19.2 Å². The number of benzene rings is 2. The van der Waals surface area contributed by atoms with Crippen LogP contribution in [-0.2, 0) is 6.54 Å². The predicted molar refractivity (Wildman–Crippen MR) is 89.8 cm³/mol. The Morgan fingerprint density at radius 2 is 2.09 bits per heavy atom. The summed E-state index contributed by atoms with van der Waals surface area (Å²) in [6, 6.07) is 13.1. The van der Waals surface area contributed by atoms with Crippen molar-refractivity contribution in [3.8, 4) is 5.75 Å². The van der Waals surface area contributed by atoms with Crippen LogP contribution in [0.1, 0.15) is 21.7 Å². The molecule has 118 valence electrons. The number of amides is 1. The quantitative estimate of drug-likeness (QED) is 0.756. The van der Waals surface area contributed by atoms with Crippen LogP contribution in [0.3, 0.4) is 0 Å². The number of hydrogen-bond acceptors (Lipinski definition) is 4. The molecule has 0 radical (unpaired) electrons. The molecule has 0 aliphatic carbocycles. The van der Waals surface area contributed by atoms with Crippen LogP contribution >= 0.6 is 0 Å². The molecule has 2 aromatic carbocycles. The van der Waals surface area contributed by atoms with E-state index in [1.807, 2.05) is 37.3 Å². The number of hydrogen-bond donors (Lipinski definition) is 2. The van der Waals surface area contributed by atoms with E-state index in [1.165, 1.54) is 0 Å². The number of carbonyl (C=O) groups is 1. The molecule has 0 bridgehead atoms. The van der Waals surface area contributed by atoms with Crippen LogP contribution in [0.5, 0.6) is 5.75 Å². The lowest BCUT2D eigenvalue weighted by molar-refractivity contribution is 0.1000. The van der Waals surface area contributed by atoms with E-state index in [-0.39, 0.29) is 0 Å². The summed E-state index contributed by atoms with van der Waals surface area (Å²) in [5.41, 5.74) is 8.39. The summed E-state index contributed by atoms with van der Waals surface area (Å²) in [7, 11) is 1.64. The first-order chi connectivity index (χ1) is 11.1. The molecule has 23 heavy (non-hydrogen) atoms. The van der Waals surface area contributed by atoms with Gasteiger partial charge in [-0.25, -0.2) is 0 Å². The van der Waals surface area contributed by atoms with E-state index in [0.29, 0.717) is 12.1 Å². The molecule has 0 saturated carbocycles. The summed E-state index contributed by atoms with van der Waals surface area (Å²) in [6.07, 6.45) is 0. The van der Waals surface area contributed by atoms with Crippen LogP contribution in [0, 0.1) is 6.92 Å². The van der Waals surface area contributed by atoms with Crippen LogP contribution < -0.4 is 15.8 Å². The third kappa shape index (κ3) is 2.99. The minimum Gasteiger partial charge on any atom is -0.497 e. The fourth-order valence-electron chi connectivity index (χ4n) is 2.57. The van der Waals surface area contributed by atoms with Crippen LogP contribution in [0.25, 0.3) is 11.0 Å². The van der Waals surface area contributed by atoms with Gasteiger partial charge in [0.2, 0.25) is 5.91 Å². The first-order valence-electron chi connectivity index (χ1n) is 7.28. The number of fused-ring (bicyclic) bond motifs is 1. The van der Waals surface area contributed by atoms with Gasteiger partial charge in [-0.05, 0) is 48.9 Å². The topological polar surface area (TPSA) is 77.5 Å². The Balaban J connectivity index is 1.81. The second kappa shape index (κ2) is 6.04. The SMILES string of the molecule is COc1ccc2oc(CNc3cccc(C(N)=O)c3C)cc2c1. The zero-order valence-electron chi connectivity index (χ0n) is 13.1. The lowest BCUT2D eigenvalue weighted by Crippen LogP contribution is -2.13. The van der Waals surface area contributed by atoms with Gasteiger partial charge in [-0.1, -0.05) is 6.07 Å². The summed E-state index contributed by atoms with van der Waals surface area (Å²) in [5.74, 6) is 1.17. The van der Waals surface area contributed by atoms with E-state index in [4.69, 9.17) is 14.9 Å². The molecule has 3 N–H and O–H groups in total. The average molecular weight is 310 g/mol. The predicted octanol–water partition coefficient (Wildman–Crippen LogP) is 3.46. The van der Waals surface area contributed by atoms with Gasteiger partial charge >= 0.3 is 0 Å². The van der Waals surface area contributed by atoms with Crippen molar-refractivity contribution in [3.63, 3.8) is 0 Å². The number of nitrogens with two attached hydrogens (primary N) is 1. The maximum atomic E-state index is 11.4. The summed E-state index contributed by atoms with van der Waals surface area (Å²) in [5, 5.41) is 4.27. The molecule has 1 aromatic heterocycles. The first kappa shape index (κ1) is 15.0. The lowest BCUT2D eigenvalue weighted by atomic mass is 10.1. The van der Waals surface area contributed by atoms with Gasteiger partial charge in [-0.2, -0.15) is 0 Å². The molecular weight excluding hydrogens is 292 g/mol. The number of methoxy groups -OCH3 is 1. The standard InChI is InChI=1S/C18H18N2O3/c1-11-15(18(19)21)4-3-5-16(11)20-10-14-9-12-8-13(22-2)6-7-17(12)23-14/h3-9,20H,10H2,1-2H3,(H2,19,21). The maximum Gasteiger partial charge on any atom is 0.249 e. The minimum absolute atomic E-state index is 0.429. The van der Waals surface area contributed by atoms with Crippen molar-refractivity contribution in [3.05, 3.63) is 59.4 Å². The molecule has 3 aromatic rings. The molecule has 0 aliphatic rings. The van der Waals surface area contributed by atoms with Crippen LogP contribution in [-0.4, -0.2) is 13.0 Å². The van der Waals surface area contributed by atoms with Gasteiger partial charge in [-0.3, -0.25) is 4.79 Å². The Labute approximate surface area is 134 Å². The largest absolute Gasteiger partial charge is 0.497 e. The van der Waals surface area contributed by atoms with E-state index in [0.717, 1.165) is 33.7 Å². The Morgan fingerprint density at radius 3 is 2.83 bits per heavy atom. The number of ether oxygens (including phenoxy) is 1. The summed E-state index contributed by atoms with van der Waals surface area (Å²) in [6.45, 7) is 2.38. The molecule has 5 nitrogen and oxygen atoms in total. The van der Waals surface area contributed by atoms with Gasteiger partial charge in [0.05, 0.1) is 13.7 Å². The van der Waals surface area contributed by atoms with Gasteiger partial charge in [0, 0.05) is 16.6 Å². The van der Waals surface area contributed by atoms with E-state index >= 15 is 0 Å². The molecule has 0 spiro atoms. The zero-order valence-corrected chi connectivity index (χ0v) is 13.1. The van der Waals surface area contributed by atoms with Crippen molar-refractivity contribution in [2.75, 3.05) is 12.4 Å². The van der Waals surface area contributed by atoms with Crippen LogP contribution in [0.15, 0.2) is 46.9 Å². The number of furan rings is 1. The first-order valence-corrected chi connectivity index (χ1v) is 7.28. The number of rotatable bonds is 5. The van der Waals surface area contributed by atoms with Crippen molar-refractivity contribution in [1.29, 1.82) is 0 Å². The zero-order chi connectivity index (χ0) is 16.4.